The Labute approximate surface area is 192 Å². The minimum absolute atomic E-state index is 0.00191. The van der Waals surface area contributed by atoms with Crippen molar-refractivity contribution in [2.24, 2.45) is 0 Å². The van der Waals surface area contributed by atoms with Gasteiger partial charge in [-0.1, -0.05) is 18.2 Å². The fourth-order valence-electron chi connectivity index (χ4n) is 4.36. The number of hydrogen-bond acceptors (Lipinski definition) is 4. The van der Waals surface area contributed by atoms with Crippen molar-refractivity contribution < 1.29 is 14.7 Å². The number of aliphatic carboxylic acids is 1. The molecule has 4 rings (SSSR count). The molecule has 0 saturated carbocycles. The first kappa shape index (κ1) is 22.3. The van der Waals surface area contributed by atoms with Gasteiger partial charge in [-0.05, 0) is 67.6 Å². The topological polar surface area (TPSA) is 110 Å². The predicted octanol–water partition coefficient (Wildman–Crippen LogP) is 4.13. The molecule has 0 atom stereocenters. The van der Waals surface area contributed by atoms with Gasteiger partial charge in [0.25, 0.3) is 5.91 Å². The molecule has 2 heterocycles. The molecule has 0 unspecified atom stereocenters. The van der Waals surface area contributed by atoms with Gasteiger partial charge in [0, 0.05) is 35.8 Å². The Morgan fingerprint density at radius 3 is 2.48 bits per heavy atom. The second-order valence-corrected chi connectivity index (χ2v) is 8.69. The van der Waals surface area contributed by atoms with Gasteiger partial charge in [-0.25, -0.2) is 0 Å². The van der Waals surface area contributed by atoms with Crippen molar-refractivity contribution in [3.63, 3.8) is 0 Å². The molecule has 2 N–H and O–H groups in total. The normalized spacial score (nSPS) is 13.5. The lowest BCUT2D eigenvalue weighted by Crippen LogP contribution is -2.48. The highest BCUT2D eigenvalue weighted by atomic mass is 16.4. The Hall–Kier alpha value is -3.92. The Morgan fingerprint density at radius 2 is 1.85 bits per heavy atom. The number of nitrogens with zero attached hydrogens (tertiary/aromatic N) is 3. The van der Waals surface area contributed by atoms with Crippen LogP contribution in [0, 0.1) is 32.1 Å². The fraction of sp³-hybridized carbons (Fsp3) is 0.308. The Morgan fingerprint density at radius 1 is 1.15 bits per heavy atom. The molecular formula is C26H26N4O3. The zero-order valence-electron chi connectivity index (χ0n) is 19.0. The van der Waals surface area contributed by atoms with Gasteiger partial charge in [-0.2, -0.15) is 10.4 Å². The number of H-pyrrole nitrogens is 1. The molecule has 1 aliphatic heterocycles. The quantitative estimate of drug-likeness (QED) is 0.596. The van der Waals surface area contributed by atoms with E-state index in [1.807, 2.05) is 62.1 Å². The van der Waals surface area contributed by atoms with Crippen LogP contribution in [0.15, 0.2) is 36.4 Å². The number of nitriles is 1. The van der Waals surface area contributed by atoms with E-state index < -0.39 is 5.97 Å². The van der Waals surface area contributed by atoms with Crippen LogP contribution in [0.2, 0.25) is 0 Å². The maximum atomic E-state index is 13.3. The number of likely N-dealkylation sites (tertiary alicyclic amines) is 1. The number of amides is 1. The van der Waals surface area contributed by atoms with Crippen LogP contribution in [-0.4, -0.2) is 45.2 Å². The van der Waals surface area contributed by atoms with Gasteiger partial charge in [-0.3, -0.25) is 14.7 Å². The largest absolute Gasteiger partial charge is 0.481 e. The lowest BCUT2D eigenvalue weighted by Gasteiger charge is -2.40. The molecule has 168 valence electrons. The lowest BCUT2D eigenvalue weighted by atomic mass is 9.89. The zero-order valence-corrected chi connectivity index (χ0v) is 19.0. The third kappa shape index (κ3) is 4.37. The van der Waals surface area contributed by atoms with Crippen molar-refractivity contribution in [3.05, 3.63) is 75.5 Å². The molecule has 1 saturated heterocycles. The summed E-state index contributed by atoms with van der Waals surface area (Å²) in [4.78, 5) is 26.0. The van der Waals surface area contributed by atoms with Gasteiger partial charge < -0.3 is 10.0 Å². The SMILES string of the molecule is Cc1cc(C)c(-c2n[nH]c(CCC(=O)O)c2C)cc1C(=O)N1CC(c2ccc(C#N)cc2)C1. The summed E-state index contributed by atoms with van der Waals surface area (Å²) in [5, 5.41) is 25.3. The van der Waals surface area contributed by atoms with Crippen LogP contribution >= 0.6 is 0 Å². The number of hydrogen-bond donors (Lipinski definition) is 2. The van der Waals surface area contributed by atoms with E-state index in [2.05, 4.69) is 16.3 Å². The molecule has 7 heteroatoms. The summed E-state index contributed by atoms with van der Waals surface area (Å²) >= 11 is 0. The van der Waals surface area contributed by atoms with Crippen molar-refractivity contribution in [3.8, 4) is 17.3 Å². The first-order valence-corrected chi connectivity index (χ1v) is 10.9. The second kappa shape index (κ2) is 8.91. The molecule has 1 fully saturated rings. The summed E-state index contributed by atoms with van der Waals surface area (Å²) in [5.41, 5.74) is 7.70. The predicted molar refractivity (Wildman–Crippen MR) is 124 cm³/mol. The first-order chi connectivity index (χ1) is 15.8. The number of benzene rings is 2. The number of carbonyl (C=O) groups excluding carboxylic acids is 1. The summed E-state index contributed by atoms with van der Waals surface area (Å²) in [7, 11) is 0. The van der Waals surface area contributed by atoms with Gasteiger partial charge >= 0.3 is 5.97 Å². The maximum absolute atomic E-state index is 13.3. The zero-order chi connectivity index (χ0) is 23.7. The van der Waals surface area contributed by atoms with Crippen molar-refractivity contribution in [2.75, 3.05) is 13.1 Å². The van der Waals surface area contributed by atoms with Crippen LogP contribution in [0.25, 0.3) is 11.3 Å². The van der Waals surface area contributed by atoms with E-state index in [9.17, 15) is 9.59 Å². The second-order valence-electron chi connectivity index (χ2n) is 8.69. The number of carbonyl (C=O) groups is 2. The highest BCUT2D eigenvalue weighted by Gasteiger charge is 2.33. The molecule has 1 aromatic heterocycles. The molecule has 0 aliphatic carbocycles. The maximum Gasteiger partial charge on any atom is 0.303 e. The van der Waals surface area contributed by atoms with Gasteiger partial charge in [0.2, 0.25) is 0 Å². The average Bonchev–Trinajstić information content (AvgIpc) is 3.11. The van der Waals surface area contributed by atoms with Crippen LogP contribution in [0.3, 0.4) is 0 Å². The summed E-state index contributed by atoms with van der Waals surface area (Å²) < 4.78 is 0. The minimum Gasteiger partial charge on any atom is -0.481 e. The lowest BCUT2D eigenvalue weighted by molar-refractivity contribution is -0.136. The van der Waals surface area contributed by atoms with Crippen LogP contribution in [-0.2, 0) is 11.2 Å². The molecule has 33 heavy (non-hydrogen) atoms. The highest BCUT2D eigenvalue weighted by molar-refractivity contribution is 5.98. The molecule has 1 aliphatic rings. The van der Waals surface area contributed by atoms with Crippen LogP contribution in [0.5, 0.6) is 0 Å². The van der Waals surface area contributed by atoms with E-state index in [4.69, 9.17) is 10.4 Å². The fourth-order valence-corrected chi connectivity index (χ4v) is 4.36. The summed E-state index contributed by atoms with van der Waals surface area (Å²) in [6.07, 6.45) is 0.420. The number of aromatic amines is 1. The molecule has 7 nitrogen and oxygen atoms in total. The van der Waals surface area contributed by atoms with Crippen molar-refractivity contribution in [1.82, 2.24) is 15.1 Å². The molecule has 1 amide bonds. The number of aromatic nitrogens is 2. The minimum atomic E-state index is -0.848. The number of nitrogens with one attached hydrogen (secondary N) is 1. The van der Waals surface area contributed by atoms with Crippen molar-refractivity contribution in [1.29, 1.82) is 5.26 Å². The van der Waals surface area contributed by atoms with E-state index in [0.29, 0.717) is 30.6 Å². The average molecular weight is 443 g/mol. The van der Waals surface area contributed by atoms with Gasteiger partial charge in [0.1, 0.15) is 0 Å². The van der Waals surface area contributed by atoms with E-state index in [-0.39, 0.29) is 18.2 Å². The third-order valence-corrected chi connectivity index (χ3v) is 6.44. The summed E-state index contributed by atoms with van der Waals surface area (Å²) in [6, 6.07) is 13.6. The number of carboxylic acid groups (broad SMARTS) is 1. The van der Waals surface area contributed by atoms with E-state index in [0.717, 1.165) is 39.2 Å². The van der Waals surface area contributed by atoms with Crippen LogP contribution < -0.4 is 0 Å². The van der Waals surface area contributed by atoms with E-state index >= 15 is 0 Å². The van der Waals surface area contributed by atoms with Gasteiger partial charge in [-0.15, -0.1) is 0 Å². The Kier molecular flexibility index (Phi) is 6.01. The first-order valence-electron chi connectivity index (χ1n) is 10.9. The number of rotatable bonds is 6. The molecule has 0 bridgehead atoms. The monoisotopic (exact) mass is 442 g/mol. The summed E-state index contributed by atoms with van der Waals surface area (Å²) in [6.45, 7) is 7.15. The molecule has 0 radical (unpaired) electrons. The van der Waals surface area contributed by atoms with Gasteiger partial charge in [0.05, 0.1) is 23.7 Å². The van der Waals surface area contributed by atoms with Crippen LogP contribution in [0.4, 0.5) is 0 Å². The van der Waals surface area contributed by atoms with Crippen molar-refractivity contribution >= 4 is 11.9 Å². The molecule has 0 spiro atoms. The van der Waals surface area contributed by atoms with E-state index in [1.165, 1.54) is 0 Å². The number of carboxylic acids is 1. The number of aryl methyl sites for hydroxylation is 3. The molecule has 2 aromatic carbocycles. The smallest absolute Gasteiger partial charge is 0.303 e. The molecule has 3 aromatic rings. The standard InChI is InChI=1S/C26H26N4O3/c1-15-10-16(2)22(11-21(15)25-17(3)23(28-29-25)8-9-24(31)32)26(33)30-13-20(14-30)19-6-4-18(12-27)5-7-19/h4-7,10-11,20H,8-9,13-14H2,1-3H3,(H,28,29)(H,31,32). The van der Waals surface area contributed by atoms with Crippen molar-refractivity contribution in [2.45, 2.75) is 39.5 Å². The summed E-state index contributed by atoms with van der Waals surface area (Å²) in [5.74, 6) is -0.575. The third-order valence-electron chi connectivity index (χ3n) is 6.44. The van der Waals surface area contributed by atoms with E-state index in [1.54, 1.807) is 0 Å². The highest BCUT2D eigenvalue weighted by Crippen LogP contribution is 2.33. The van der Waals surface area contributed by atoms with Gasteiger partial charge in [0.15, 0.2) is 0 Å². The Balaban J connectivity index is 1.54. The Bertz CT molecular complexity index is 1260. The van der Waals surface area contributed by atoms with Crippen LogP contribution in [0.1, 0.15) is 56.2 Å². The molecular weight excluding hydrogens is 416 g/mol.